The van der Waals surface area contributed by atoms with Crippen molar-refractivity contribution in [1.82, 2.24) is 14.5 Å². The number of anilines is 1. The first-order valence-electron chi connectivity index (χ1n) is 13.9. The molecule has 204 valence electrons. The first-order valence-corrected chi connectivity index (χ1v) is 13.9. The van der Waals surface area contributed by atoms with E-state index in [4.69, 9.17) is 14.6 Å². The number of imidazole rings is 1. The van der Waals surface area contributed by atoms with Crippen LogP contribution in [0.5, 0.6) is 5.75 Å². The van der Waals surface area contributed by atoms with Gasteiger partial charge in [-0.25, -0.2) is 4.98 Å². The average Bonchev–Trinajstić information content (AvgIpc) is 3.71. The Morgan fingerprint density at radius 3 is 2.15 bits per heavy atom. The number of nitrogens with zero attached hydrogens (tertiary/aromatic N) is 3. The molecule has 0 aliphatic rings. The number of aromatic nitrogens is 3. The van der Waals surface area contributed by atoms with Crippen molar-refractivity contribution in [3.05, 3.63) is 109 Å². The molecule has 2 aromatic carbocycles. The fourth-order valence-corrected chi connectivity index (χ4v) is 4.51. The Morgan fingerprint density at radius 2 is 1.48 bits per heavy atom. The molecule has 0 spiro atoms. The van der Waals surface area contributed by atoms with E-state index < -0.39 is 0 Å². The number of nitrogens with one attached hydrogen (secondary N) is 2. The zero-order valence-electron chi connectivity index (χ0n) is 22.6. The van der Waals surface area contributed by atoms with E-state index in [2.05, 4.69) is 19.9 Å². The number of hydrogen-bond donors (Lipinski definition) is 2. The van der Waals surface area contributed by atoms with Gasteiger partial charge in [0, 0.05) is 41.9 Å². The molecular weight excluding hydrogens is 498 g/mol. The second-order valence-corrected chi connectivity index (χ2v) is 9.75. The molecule has 0 radical (unpaired) electrons. The summed E-state index contributed by atoms with van der Waals surface area (Å²) in [5.41, 5.74) is 3.40. The summed E-state index contributed by atoms with van der Waals surface area (Å²) in [6, 6.07) is 25.4. The number of furan rings is 1. The van der Waals surface area contributed by atoms with Gasteiger partial charge >= 0.3 is 0 Å². The van der Waals surface area contributed by atoms with Gasteiger partial charge in [0.15, 0.2) is 0 Å². The van der Waals surface area contributed by atoms with E-state index in [-0.39, 0.29) is 5.84 Å². The van der Waals surface area contributed by atoms with Crippen LogP contribution in [0, 0.1) is 5.41 Å². The molecule has 5 aromatic rings. The predicted octanol–water partition coefficient (Wildman–Crippen LogP) is 8.06. The van der Waals surface area contributed by atoms with E-state index in [1.54, 1.807) is 6.20 Å². The quantitative estimate of drug-likeness (QED) is 0.0856. The molecule has 7 heteroatoms. The maximum atomic E-state index is 8.20. The Balaban J connectivity index is 1.03. The van der Waals surface area contributed by atoms with Gasteiger partial charge in [-0.3, -0.25) is 10.4 Å². The van der Waals surface area contributed by atoms with Gasteiger partial charge in [0.1, 0.15) is 28.8 Å². The van der Waals surface area contributed by atoms with E-state index in [0.29, 0.717) is 5.69 Å². The fraction of sp³-hybridized carbons (Fsp3) is 0.242. The Labute approximate surface area is 235 Å². The van der Waals surface area contributed by atoms with Crippen LogP contribution < -0.4 is 10.1 Å². The van der Waals surface area contributed by atoms with Gasteiger partial charge in [0.2, 0.25) is 0 Å². The second-order valence-electron chi connectivity index (χ2n) is 9.75. The Morgan fingerprint density at radius 1 is 0.775 bits per heavy atom. The molecule has 0 bridgehead atoms. The third-order valence-electron chi connectivity index (χ3n) is 6.74. The lowest BCUT2D eigenvalue weighted by molar-refractivity contribution is 0.304. The molecule has 0 saturated heterocycles. The van der Waals surface area contributed by atoms with E-state index in [1.807, 2.05) is 97.6 Å². The van der Waals surface area contributed by atoms with Gasteiger partial charge in [-0.2, -0.15) is 0 Å². The standard InChI is InChI=1S/C33H35N5O2/c34-33(30-9-5-6-20-36-30)37-28-14-10-26(11-15-28)31-18-19-32(40-31)27-12-16-29(17-13-27)39-24-8-4-2-1-3-7-22-38-23-21-35-25-38/h5-6,9-21,23,25H,1-4,7-8,22,24H2,(H2,34,37). The molecule has 0 fully saturated rings. The second kappa shape index (κ2) is 13.9. The van der Waals surface area contributed by atoms with Crippen LogP contribution in [0.2, 0.25) is 0 Å². The van der Waals surface area contributed by atoms with E-state index in [9.17, 15) is 0 Å². The summed E-state index contributed by atoms with van der Waals surface area (Å²) in [4.78, 5) is 8.29. The monoisotopic (exact) mass is 533 g/mol. The van der Waals surface area contributed by atoms with E-state index >= 15 is 0 Å². The number of pyridine rings is 1. The van der Waals surface area contributed by atoms with Crippen LogP contribution in [-0.4, -0.2) is 27.0 Å². The van der Waals surface area contributed by atoms with Gasteiger partial charge < -0.3 is 19.0 Å². The summed E-state index contributed by atoms with van der Waals surface area (Å²) in [6.45, 7) is 1.80. The summed E-state index contributed by atoms with van der Waals surface area (Å²) in [5, 5.41) is 11.3. The molecule has 0 unspecified atom stereocenters. The molecule has 0 atom stereocenters. The van der Waals surface area contributed by atoms with Gasteiger partial charge in [0.05, 0.1) is 12.9 Å². The largest absolute Gasteiger partial charge is 0.494 e. The lowest BCUT2D eigenvalue weighted by atomic mass is 10.1. The van der Waals surface area contributed by atoms with Crippen LogP contribution in [0.1, 0.15) is 44.2 Å². The lowest BCUT2D eigenvalue weighted by Gasteiger charge is -2.08. The van der Waals surface area contributed by atoms with Crippen molar-refractivity contribution in [3.8, 4) is 28.4 Å². The first-order chi connectivity index (χ1) is 19.7. The smallest absolute Gasteiger partial charge is 0.148 e. The van der Waals surface area contributed by atoms with Crippen molar-refractivity contribution in [2.45, 2.75) is 45.1 Å². The number of rotatable bonds is 14. The minimum atomic E-state index is 0.259. The van der Waals surface area contributed by atoms with Crippen LogP contribution in [0.25, 0.3) is 22.6 Å². The molecule has 3 aromatic heterocycles. The number of unbranched alkanes of at least 4 members (excludes halogenated alkanes) is 5. The van der Waals surface area contributed by atoms with Crippen LogP contribution >= 0.6 is 0 Å². The van der Waals surface area contributed by atoms with Gasteiger partial charge in [0.25, 0.3) is 0 Å². The van der Waals surface area contributed by atoms with E-state index in [0.717, 1.165) is 53.7 Å². The number of amidine groups is 1. The molecule has 5 rings (SSSR count). The molecule has 0 aliphatic carbocycles. The molecule has 0 aliphatic heterocycles. The minimum absolute atomic E-state index is 0.259. The fourth-order valence-electron chi connectivity index (χ4n) is 4.51. The molecule has 0 amide bonds. The van der Waals surface area contributed by atoms with Crippen LogP contribution in [0.3, 0.4) is 0 Å². The number of hydrogen-bond acceptors (Lipinski definition) is 5. The van der Waals surface area contributed by atoms with Crippen LogP contribution in [0.4, 0.5) is 5.69 Å². The van der Waals surface area contributed by atoms with Crippen molar-refractivity contribution in [3.63, 3.8) is 0 Å². The zero-order valence-corrected chi connectivity index (χ0v) is 22.6. The van der Waals surface area contributed by atoms with Crippen molar-refractivity contribution < 1.29 is 9.15 Å². The van der Waals surface area contributed by atoms with Crippen molar-refractivity contribution in [2.75, 3.05) is 11.9 Å². The first kappa shape index (κ1) is 26.9. The SMILES string of the molecule is N=C(Nc1ccc(-c2ccc(-c3ccc(OCCCCCCCCn4ccnc4)cc3)o2)cc1)c1ccccn1. The Kier molecular flexibility index (Phi) is 9.39. The number of benzene rings is 2. The summed E-state index contributed by atoms with van der Waals surface area (Å²) < 4.78 is 14.2. The van der Waals surface area contributed by atoms with Crippen molar-refractivity contribution >= 4 is 11.5 Å². The van der Waals surface area contributed by atoms with Crippen molar-refractivity contribution in [2.24, 2.45) is 0 Å². The average molecular weight is 534 g/mol. The third-order valence-corrected chi connectivity index (χ3v) is 6.74. The minimum Gasteiger partial charge on any atom is -0.494 e. The zero-order chi connectivity index (χ0) is 27.4. The topological polar surface area (TPSA) is 89.0 Å². The molecule has 2 N–H and O–H groups in total. The van der Waals surface area contributed by atoms with Gasteiger partial charge in [-0.05, 0) is 85.6 Å². The Hall–Kier alpha value is -4.65. The molecule has 3 heterocycles. The van der Waals surface area contributed by atoms with E-state index in [1.165, 1.54) is 32.1 Å². The maximum Gasteiger partial charge on any atom is 0.148 e. The summed E-state index contributed by atoms with van der Waals surface area (Å²) >= 11 is 0. The number of aryl methyl sites for hydroxylation is 1. The summed E-state index contributed by atoms with van der Waals surface area (Å²) in [5.74, 6) is 2.75. The van der Waals surface area contributed by atoms with Crippen LogP contribution in [-0.2, 0) is 6.54 Å². The van der Waals surface area contributed by atoms with Gasteiger partial charge in [-0.1, -0.05) is 31.7 Å². The highest BCUT2D eigenvalue weighted by atomic mass is 16.5. The highest BCUT2D eigenvalue weighted by Crippen LogP contribution is 2.30. The summed E-state index contributed by atoms with van der Waals surface area (Å²) in [6.07, 6.45) is 14.7. The molecule has 0 saturated carbocycles. The Bertz CT molecular complexity index is 1440. The number of ether oxygens (including phenoxy) is 1. The highest BCUT2D eigenvalue weighted by Gasteiger charge is 2.09. The molecular formula is C33H35N5O2. The normalized spacial score (nSPS) is 10.9. The lowest BCUT2D eigenvalue weighted by Crippen LogP contribution is -2.13. The highest BCUT2D eigenvalue weighted by molar-refractivity contribution is 6.04. The van der Waals surface area contributed by atoms with Gasteiger partial charge in [-0.15, -0.1) is 0 Å². The maximum absolute atomic E-state index is 8.20. The predicted molar refractivity (Wildman–Crippen MR) is 160 cm³/mol. The third kappa shape index (κ3) is 7.69. The summed E-state index contributed by atoms with van der Waals surface area (Å²) in [7, 11) is 0. The molecule has 40 heavy (non-hydrogen) atoms. The van der Waals surface area contributed by atoms with Crippen molar-refractivity contribution in [1.29, 1.82) is 5.41 Å². The molecule has 7 nitrogen and oxygen atoms in total. The van der Waals surface area contributed by atoms with Crippen LogP contribution in [0.15, 0.2) is 108 Å².